The Morgan fingerprint density at radius 3 is 1.81 bits per heavy atom. The normalized spacial score (nSPS) is 14.3. The van der Waals surface area contributed by atoms with Crippen LogP contribution in [-0.2, 0) is 21.7 Å². The Hall–Kier alpha value is -5.52. The van der Waals surface area contributed by atoms with E-state index in [-0.39, 0.29) is 28.4 Å². The standard InChI is InChI=1S/C57H56BN3S/c1-54(2,3)36-18-20-45-40(27-36)41-28-38(56(7,8)9)29-42-52(41)60(45)47-25-35(34-22-23-59-44(24-34)33-16-14-13-15-17-33)26-48-51(47)58(42)43-30-39(57(10,11)12)32-50-53(43)61(48)46-21-19-37(55(4,5)6)31-49(46)62-50/h13-32H,1-12H3. The van der Waals surface area contributed by atoms with Crippen molar-refractivity contribution in [1.82, 2.24) is 9.55 Å². The first-order valence-electron chi connectivity index (χ1n) is 22.4. The van der Waals surface area contributed by atoms with Crippen LogP contribution in [0, 0.1) is 0 Å². The zero-order valence-electron chi connectivity index (χ0n) is 38.4. The number of anilines is 3. The van der Waals surface area contributed by atoms with E-state index in [4.69, 9.17) is 4.98 Å². The zero-order valence-corrected chi connectivity index (χ0v) is 39.2. The lowest BCUT2D eigenvalue weighted by atomic mass is 9.33. The first-order chi connectivity index (χ1) is 29.3. The Bertz CT molecular complexity index is 3200. The third kappa shape index (κ3) is 5.90. The van der Waals surface area contributed by atoms with E-state index in [9.17, 15) is 0 Å². The van der Waals surface area contributed by atoms with E-state index in [0.29, 0.717) is 0 Å². The maximum atomic E-state index is 4.89. The van der Waals surface area contributed by atoms with Crippen LogP contribution >= 0.6 is 11.8 Å². The van der Waals surface area contributed by atoms with Gasteiger partial charge in [-0.25, -0.2) is 0 Å². The molecule has 0 aliphatic carbocycles. The van der Waals surface area contributed by atoms with E-state index < -0.39 is 0 Å². The molecule has 11 rings (SSSR count). The van der Waals surface area contributed by atoms with Gasteiger partial charge in [0.1, 0.15) is 0 Å². The first-order valence-corrected chi connectivity index (χ1v) is 23.2. The van der Waals surface area contributed by atoms with Gasteiger partial charge in [0.2, 0.25) is 0 Å². The molecule has 3 aliphatic heterocycles. The molecule has 62 heavy (non-hydrogen) atoms. The number of hydrogen-bond acceptors (Lipinski definition) is 3. The minimum atomic E-state index is -0.0432. The van der Waals surface area contributed by atoms with Gasteiger partial charge < -0.3 is 9.47 Å². The summed E-state index contributed by atoms with van der Waals surface area (Å²) in [5.41, 5.74) is 21.8. The Morgan fingerprint density at radius 2 is 1.10 bits per heavy atom. The van der Waals surface area contributed by atoms with E-state index in [1.807, 2.05) is 18.0 Å². The molecule has 0 amide bonds. The van der Waals surface area contributed by atoms with Gasteiger partial charge in [-0.3, -0.25) is 4.98 Å². The molecule has 5 heteroatoms. The summed E-state index contributed by atoms with van der Waals surface area (Å²) in [5.74, 6) is 0. The van der Waals surface area contributed by atoms with E-state index in [1.54, 1.807) is 0 Å². The third-order valence-electron chi connectivity index (χ3n) is 13.8. The monoisotopic (exact) mass is 825 g/mol. The summed E-state index contributed by atoms with van der Waals surface area (Å²) in [6.07, 6.45) is 1.98. The lowest BCUT2D eigenvalue weighted by Gasteiger charge is -2.45. The topological polar surface area (TPSA) is 21.1 Å². The van der Waals surface area contributed by atoms with Gasteiger partial charge >= 0.3 is 0 Å². The fourth-order valence-corrected chi connectivity index (χ4v) is 11.4. The minimum Gasteiger partial charge on any atom is -0.310 e. The SMILES string of the molecule is CC(C)(C)c1ccc2c(c1)Sc1cc(C(C)(C)C)cc3c1N2c1cc(-c2ccnc(-c4ccccc4)c2)cc2c1B3c1cc(C(C)(C)C)cc3c4cc(C(C)(C)C)ccc4n-2c13. The van der Waals surface area contributed by atoms with Gasteiger partial charge in [0.05, 0.1) is 22.6 Å². The molecule has 0 atom stereocenters. The van der Waals surface area contributed by atoms with Crippen molar-refractivity contribution in [2.75, 3.05) is 4.90 Å². The second kappa shape index (κ2) is 13.0. The number of hydrogen-bond donors (Lipinski definition) is 0. The number of benzene rings is 6. The summed E-state index contributed by atoms with van der Waals surface area (Å²) in [5, 5.41) is 2.67. The summed E-state index contributed by atoms with van der Waals surface area (Å²) in [6, 6.07) is 44.7. The molecule has 6 aromatic carbocycles. The maximum Gasteiger partial charge on any atom is 0.252 e. The predicted octanol–water partition coefficient (Wildman–Crippen LogP) is 13.8. The number of pyridine rings is 1. The van der Waals surface area contributed by atoms with Gasteiger partial charge in [0.15, 0.2) is 0 Å². The van der Waals surface area contributed by atoms with Crippen LogP contribution in [0.1, 0.15) is 105 Å². The number of aromatic nitrogens is 2. The third-order valence-corrected chi connectivity index (χ3v) is 14.9. The van der Waals surface area contributed by atoms with E-state index in [0.717, 1.165) is 16.8 Å². The van der Waals surface area contributed by atoms with Crippen molar-refractivity contribution in [3.05, 3.63) is 144 Å². The van der Waals surface area contributed by atoms with Gasteiger partial charge in [0.25, 0.3) is 6.71 Å². The lowest BCUT2D eigenvalue weighted by Crippen LogP contribution is -2.61. The van der Waals surface area contributed by atoms with Crippen molar-refractivity contribution >= 4 is 73.7 Å². The second-order valence-corrected chi connectivity index (χ2v) is 23.3. The Kier molecular flexibility index (Phi) is 8.26. The van der Waals surface area contributed by atoms with Crippen LogP contribution in [0.4, 0.5) is 17.1 Å². The minimum absolute atomic E-state index is 0.0150. The van der Waals surface area contributed by atoms with Crippen LogP contribution in [-0.4, -0.2) is 16.3 Å². The molecule has 5 heterocycles. The first kappa shape index (κ1) is 39.3. The fourth-order valence-electron chi connectivity index (χ4n) is 10.2. The summed E-state index contributed by atoms with van der Waals surface area (Å²) < 4.78 is 2.64. The molecule has 0 spiro atoms. The number of fused-ring (bicyclic) bond motifs is 9. The molecule has 0 bridgehead atoms. The smallest absolute Gasteiger partial charge is 0.252 e. The summed E-state index contributed by atoms with van der Waals surface area (Å²) in [6.45, 7) is 28.2. The van der Waals surface area contributed by atoms with Crippen LogP contribution in [0.25, 0.3) is 49.9 Å². The Morgan fingerprint density at radius 1 is 0.484 bits per heavy atom. The lowest BCUT2D eigenvalue weighted by molar-refractivity contribution is 0.588. The molecule has 0 fully saturated rings. The highest BCUT2D eigenvalue weighted by Gasteiger charge is 2.46. The second-order valence-electron chi connectivity index (χ2n) is 22.2. The predicted molar refractivity (Wildman–Crippen MR) is 268 cm³/mol. The van der Waals surface area contributed by atoms with Crippen molar-refractivity contribution in [2.45, 2.75) is 115 Å². The number of rotatable bonds is 2. The van der Waals surface area contributed by atoms with Gasteiger partial charge in [-0.15, -0.1) is 0 Å². The quantitative estimate of drug-likeness (QED) is 0.162. The molecule has 0 saturated carbocycles. The highest BCUT2D eigenvalue weighted by atomic mass is 32.2. The van der Waals surface area contributed by atoms with Crippen molar-refractivity contribution in [3.63, 3.8) is 0 Å². The maximum absolute atomic E-state index is 4.89. The van der Waals surface area contributed by atoms with Gasteiger partial charge in [-0.05, 0) is 132 Å². The molecule has 0 radical (unpaired) electrons. The van der Waals surface area contributed by atoms with Crippen LogP contribution in [0.5, 0.6) is 0 Å². The van der Waals surface area contributed by atoms with Gasteiger partial charge in [0, 0.05) is 49.2 Å². The van der Waals surface area contributed by atoms with Crippen LogP contribution in [0.15, 0.2) is 131 Å². The zero-order chi connectivity index (χ0) is 43.4. The van der Waals surface area contributed by atoms with Crippen molar-refractivity contribution in [3.8, 4) is 28.1 Å². The van der Waals surface area contributed by atoms with E-state index >= 15 is 0 Å². The molecule has 8 aromatic rings. The molecule has 0 unspecified atom stereocenters. The number of nitrogens with zero attached hydrogens (tertiary/aromatic N) is 3. The molecule has 0 saturated heterocycles. The average Bonchev–Trinajstić information content (AvgIpc) is 3.56. The van der Waals surface area contributed by atoms with E-state index in [1.165, 1.54) is 98.6 Å². The summed E-state index contributed by atoms with van der Waals surface area (Å²) in [7, 11) is 0. The molecule has 308 valence electrons. The molecule has 3 nitrogen and oxygen atoms in total. The Labute approximate surface area is 372 Å². The van der Waals surface area contributed by atoms with Crippen molar-refractivity contribution < 1.29 is 0 Å². The van der Waals surface area contributed by atoms with Gasteiger partial charge in [-0.1, -0.05) is 149 Å². The highest BCUT2D eigenvalue weighted by molar-refractivity contribution is 7.99. The average molecular weight is 826 g/mol. The molecular formula is C57H56BN3S. The van der Waals surface area contributed by atoms with Crippen molar-refractivity contribution in [2.24, 2.45) is 0 Å². The van der Waals surface area contributed by atoms with E-state index in [2.05, 4.69) is 208 Å². The fraction of sp³-hybridized carbons (Fsp3) is 0.281. The highest BCUT2D eigenvalue weighted by Crippen LogP contribution is 2.55. The van der Waals surface area contributed by atoms with Crippen LogP contribution in [0.2, 0.25) is 0 Å². The van der Waals surface area contributed by atoms with Gasteiger partial charge in [-0.2, -0.15) is 0 Å². The summed E-state index contributed by atoms with van der Waals surface area (Å²) in [4.78, 5) is 10.2. The largest absolute Gasteiger partial charge is 0.310 e. The van der Waals surface area contributed by atoms with Crippen LogP contribution in [0.3, 0.4) is 0 Å². The van der Waals surface area contributed by atoms with Crippen molar-refractivity contribution in [1.29, 1.82) is 0 Å². The molecule has 0 N–H and O–H groups in total. The molecule has 3 aliphatic rings. The summed E-state index contributed by atoms with van der Waals surface area (Å²) >= 11 is 1.96. The molecule has 2 aromatic heterocycles. The molecular weight excluding hydrogens is 770 g/mol. The Balaban J connectivity index is 1.31. The van der Waals surface area contributed by atoms with Crippen LogP contribution < -0.4 is 21.3 Å².